The predicted octanol–water partition coefficient (Wildman–Crippen LogP) is 6.14. The summed E-state index contributed by atoms with van der Waals surface area (Å²) in [5, 5.41) is 8.22. The molecule has 2 heteroatoms. The van der Waals surface area contributed by atoms with Gasteiger partial charge in [0.1, 0.15) is 0 Å². The van der Waals surface area contributed by atoms with E-state index in [0.29, 0.717) is 11.6 Å². The van der Waals surface area contributed by atoms with Crippen molar-refractivity contribution < 1.29 is 0 Å². The maximum atomic E-state index is 4.18. The molecule has 3 bridgehead atoms. The minimum Gasteiger partial charge on any atom is -0.310 e. The van der Waals surface area contributed by atoms with Gasteiger partial charge in [-0.2, -0.15) is 0 Å². The molecule has 5 unspecified atom stereocenters. The van der Waals surface area contributed by atoms with Gasteiger partial charge in [-0.15, -0.1) is 0 Å². The van der Waals surface area contributed by atoms with E-state index < -0.39 is 0 Å². The lowest BCUT2D eigenvalue weighted by molar-refractivity contribution is -0.0395. The molecule has 3 aliphatic rings. The largest absolute Gasteiger partial charge is 0.310 e. The van der Waals surface area contributed by atoms with Gasteiger partial charge < -0.3 is 10.6 Å². The highest BCUT2D eigenvalue weighted by Crippen LogP contribution is 2.55. The predicted molar refractivity (Wildman–Crippen MR) is 130 cm³/mol. The summed E-state index contributed by atoms with van der Waals surface area (Å²) in [7, 11) is 0. The lowest BCUT2D eigenvalue weighted by Crippen LogP contribution is -2.66. The number of fused-ring (bicyclic) bond motifs is 2. The van der Waals surface area contributed by atoms with Gasteiger partial charge in [-0.1, -0.05) is 58.7 Å². The van der Waals surface area contributed by atoms with Crippen molar-refractivity contribution in [1.29, 1.82) is 0 Å². The third-order valence-corrected chi connectivity index (χ3v) is 8.42. The molecule has 0 amide bonds. The summed E-state index contributed by atoms with van der Waals surface area (Å²) in [5.74, 6) is 2.60. The summed E-state index contributed by atoms with van der Waals surface area (Å²) in [6.07, 6.45) is 8.44. The van der Waals surface area contributed by atoms with Crippen LogP contribution < -0.4 is 10.6 Å². The van der Waals surface area contributed by atoms with Crippen LogP contribution >= 0.6 is 0 Å². The molecule has 0 saturated heterocycles. The molecular weight excluding hydrogens is 376 g/mol. The van der Waals surface area contributed by atoms with Crippen LogP contribution in [0.3, 0.4) is 0 Å². The van der Waals surface area contributed by atoms with Crippen LogP contribution in [0.25, 0.3) is 0 Å². The standard InChI is InChI=1S/C29H40N2/c1-19-7-20(2)10-25(9-19)17-30-28-14-24-13-23-5-6-27(28)29(15-23,16-24)31-18-26-11-21(3)8-22(4)12-26/h7-12,23-24,27-28,30-31H,5-6,13-18H2,1-4H3. The molecule has 2 aromatic rings. The minimum absolute atomic E-state index is 0.335. The van der Waals surface area contributed by atoms with Crippen molar-refractivity contribution in [2.75, 3.05) is 0 Å². The maximum absolute atomic E-state index is 4.18. The zero-order chi connectivity index (χ0) is 21.6. The molecule has 2 aromatic carbocycles. The highest BCUT2D eigenvalue weighted by Gasteiger charge is 2.54. The fourth-order valence-electron chi connectivity index (χ4n) is 7.63. The highest BCUT2D eigenvalue weighted by molar-refractivity contribution is 5.30. The molecule has 0 heterocycles. The van der Waals surface area contributed by atoms with Crippen molar-refractivity contribution >= 4 is 0 Å². The molecule has 2 N–H and O–H groups in total. The van der Waals surface area contributed by atoms with Crippen molar-refractivity contribution in [2.45, 2.75) is 90.9 Å². The second-order valence-electron chi connectivity index (χ2n) is 11.3. The molecule has 3 fully saturated rings. The van der Waals surface area contributed by atoms with Crippen LogP contribution in [0.1, 0.15) is 71.9 Å². The molecular formula is C29H40N2. The fourth-order valence-corrected chi connectivity index (χ4v) is 7.63. The Labute approximate surface area is 189 Å². The van der Waals surface area contributed by atoms with Gasteiger partial charge >= 0.3 is 0 Å². The summed E-state index contributed by atoms with van der Waals surface area (Å²) in [6, 6.07) is 14.7. The molecule has 31 heavy (non-hydrogen) atoms. The first-order chi connectivity index (χ1) is 14.9. The van der Waals surface area contributed by atoms with Crippen molar-refractivity contribution in [2.24, 2.45) is 17.8 Å². The number of benzene rings is 2. The Balaban J connectivity index is 1.33. The first-order valence-corrected chi connectivity index (χ1v) is 12.5. The second-order valence-corrected chi connectivity index (χ2v) is 11.3. The van der Waals surface area contributed by atoms with Gasteiger partial charge in [0.15, 0.2) is 0 Å². The first-order valence-electron chi connectivity index (χ1n) is 12.5. The average molecular weight is 417 g/mol. The Morgan fingerprint density at radius 3 is 1.94 bits per heavy atom. The number of rotatable bonds is 6. The van der Waals surface area contributed by atoms with Gasteiger partial charge in [0.2, 0.25) is 0 Å². The Kier molecular flexibility index (Phi) is 5.73. The summed E-state index contributed by atoms with van der Waals surface area (Å²) < 4.78 is 0. The van der Waals surface area contributed by atoms with Crippen molar-refractivity contribution in [3.05, 3.63) is 69.8 Å². The van der Waals surface area contributed by atoms with Gasteiger partial charge in [0, 0.05) is 24.7 Å². The van der Waals surface area contributed by atoms with Gasteiger partial charge in [0.25, 0.3) is 0 Å². The van der Waals surface area contributed by atoms with E-state index in [1.54, 1.807) is 0 Å². The summed E-state index contributed by atoms with van der Waals surface area (Å²) in [6.45, 7) is 10.9. The monoisotopic (exact) mass is 416 g/mol. The van der Waals surface area contributed by atoms with E-state index >= 15 is 0 Å². The lowest BCUT2D eigenvalue weighted by atomic mass is 9.52. The van der Waals surface area contributed by atoms with E-state index in [2.05, 4.69) is 74.7 Å². The molecule has 2 nitrogen and oxygen atoms in total. The van der Waals surface area contributed by atoms with E-state index in [4.69, 9.17) is 0 Å². The maximum Gasteiger partial charge on any atom is 0.0233 e. The van der Waals surface area contributed by atoms with E-state index in [1.165, 1.54) is 71.9 Å². The molecule has 0 radical (unpaired) electrons. The summed E-state index contributed by atoms with van der Waals surface area (Å²) in [5.41, 5.74) is 8.76. The first kappa shape index (κ1) is 21.2. The quantitative estimate of drug-likeness (QED) is 0.591. The van der Waals surface area contributed by atoms with E-state index in [1.807, 2.05) is 0 Å². The average Bonchev–Trinajstić information content (AvgIpc) is 2.68. The van der Waals surface area contributed by atoms with E-state index in [0.717, 1.165) is 30.8 Å². The van der Waals surface area contributed by atoms with Crippen LogP contribution in [0.15, 0.2) is 36.4 Å². The van der Waals surface area contributed by atoms with E-state index in [-0.39, 0.29) is 0 Å². The van der Waals surface area contributed by atoms with Crippen molar-refractivity contribution in [3.8, 4) is 0 Å². The smallest absolute Gasteiger partial charge is 0.0233 e. The zero-order valence-corrected chi connectivity index (χ0v) is 19.9. The van der Waals surface area contributed by atoms with Crippen LogP contribution in [0, 0.1) is 45.4 Å². The highest BCUT2D eigenvalue weighted by atomic mass is 15.0. The fraction of sp³-hybridized carbons (Fsp3) is 0.586. The topological polar surface area (TPSA) is 24.1 Å². The van der Waals surface area contributed by atoms with Gasteiger partial charge in [-0.3, -0.25) is 0 Å². The Morgan fingerprint density at radius 1 is 0.710 bits per heavy atom. The second kappa shape index (κ2) is 8.37. The third-order valence-electron chi connectivity index (χ3n) is 8.42. The number of aryl methyl sites for hydroxylation is 4. The van der Waals surface area contributed by atoms with Crippen LogP contribution in [-0.4, -0.2) is 11.6 Å². The van der Waals surface area contributed by atoms with Gasteiger partial charge in [-0.25, -0.2) is 0 Å². The Bertz CT molecular complexity index is 903. The van der Waals surface area contributed by atoms with Crippen molar-refractivity contribution in [3.63, 3.8) is 0 Å². The summed E-state index contributed by atoms with van der Waals surface area (Å²) >= 11 is 0. The number of nitrogens with one attached hydrogen (secondary N) is 2. The third kappa shape index (κ3) is 4.47. The van der Waals surface area contributed by atoms with Gasteiger partial charge in [0.05, 0.1) is 0 Å². The van der Waals surface area contributed by atoms with Crippen LogP contribution in [0.4, 0.5) is 0 Å². The minimum atomic E-state index is 0.335. The van der Waals surface area contributed by atoms with E-state index in [9.17, 15) is 0 Å². The molecule has 0 aliphatic heterocycles. The van der Waals surface area contributed by atoms with Crippen molar-refractivity contribution in [1.82, 2.24) is 10.6 Å². The molecule has 3 saturated carbocycles. The zero-order valence-electron chi connectivity index (χ0n) is 19.9. The van der Waals surface area contributed by atoms with Crippen LogP contribution in [0.5, 0.6) is 0 Å². The molecule has 0 spiro atoms. The van der Waals surface area contributed by atoms with Crippen LogP contribution in [-0.2, 0) is 13.1 Å². The van der Waals surface area contributed by atoms with Gasteiger partial charge in [-0.05, 0) is 95.1 Å². The lowest BCUT2D eigenvalue weighted by Gasteiger charge is -2.60. The SMILES string of the molecule is Cc1cc(C)cc(CNC2CC3CC4CCC2C(NCc2cc(C)cc(C)c2)(C4)C3)c1. The van der Waals surface area contributed by atoms with Crippen LogP contribution in [0.2, 0.25) is 0 Å². The Hall–Kier alpha value is -1.64. The number of hydrogen-bond acceptors (Lipinski definition) is 2. The normalized spacial score (nSPS) is 31.7. The molecule has 5 atom stereocenters. The molecule has 0 aromatic heterocycles. The molecule has 166 valence electrons. The summed E-state index contributed by atoms with van der Waals surface area (Å²) in [4.78, 5) is 0. The molecule has 5 rings (SSSR count). The number of hydrogen-bond donors (Lipinski definition) is 2. The molecule has 3 aliphatic carbocycles. The Morgan fingerprint density at radius 2 is 1.29 bits per heavy atom.